The number of nitrogens with one attached hydrogen (secondary N) is 1. The summed E-state index contributed by atoms with van der Waals surface area (Å²) in [5, 5.41) is 7.14. The molecule has 1 unspecified atom stereocenters. The summed E-state index contributed by atoms with van der Waals surface area (Å²) in [6.07, 6.45) is 5.21. The quantitative estimate of drug-likeness (QED) is 0.804. The lowest BCUT2D eigenvalue weighted by molar-refractivity contribution is 0.383. The molecule has 1 atom stereocenters. The van der Waals surface area contributed by atoms with Crippen molar-refractivity contribution >= 4 is 11.3 Å². The van der Waals surface area contributed by atoms with Crippen LogP contribution in [0.4, 0.5) is 0 Å². The lowest BCUT2D eigenvalue weighted by Crippen LogP contribution is -2.27. The number of hydrogen-bond donors (Lipinski definition) is 1. The van der Waals surface area contributed by atoms with Gasteiger partial charge in [-0.1, -0.05) is 13.8 Å². The van der Waals surface area contributed by atoms with Gasteiger partial charge in [0, 0.05) is 23.5 Å². The lowest BCUT2D eigenvalue weighted by Gasteiger charge is -2.18. The summed E-state index contributed by atoms with van der Waals surface area (Å²) in [6, 6.07) is 0.822. The Balaban J connectivity index is 1.84. The summed E-state index contributed by atoms with van der Waals surface area (Å²) in [6.45, 7) is 7.88. The van der Waals surface area contributed by atoms with Crippen molar-refractivity contribution in [1.82, 2.24) is 10.3 Å². The van der Waals surface area contributed by atoms with E-state index in [2.05, 4.69) is 36.5 Å². The van der Waals surface area contributed by atoms with E-state index in [4.69, 9.17) is 0 Å². The monoisotopic (exact) mass is 252 g/mol. The maximum absolute atomic E-state index is 4.59. The van der Waals surface area contributed by atoms with Crippen LogP contribution in [-0.4, -0.2) is 17.6 Å². The molecule has 0 spiro atoms. The molecule has 0 saturated heterocycles. The molecule has 17 heavy (non-hydrogen) atoms. The first-order chi connectivity index (χ1) is 8.13. The fourth-order valence-corrected chi connectivity index (χ4v) is 3.16. The Kier molecular flexibility index (Phi) is 4.57. The van der Waals surface area contributed by atoms with Crippen LogP contribution in [0.1, 0.15) is 43.8 Å². The van der Waals surface area contributed by atoms with E-state index >= 15 is 0 Å². The van der Waals surface area contributed by atoms with Crippen LogP contribution in [0, 0.1) is 18.8 Å². The first-order valence-corrected chi connectivity index (χ1v) is 7.66. The van der Waals surface area contributed by atoms with Crippen molar-refractivity contribution in [2.75, 3.05) is 6.54 Å². The van der Waals surface area contributed by atoms with E-state index in [9.17, 15) is 0 Å². The van der Waals surface area contributed by atoms with Crippen molar-refractivity contribution in [3.63, 3.8) is 0 Å². The molecule has 1 saturated carbocycles. The molecule has 0 bridgehead atoms. The Morgan fingerprint density at radius 1 is 1.47 bits per heavy atom. The molecule has 1 fully saturated rings. The van der Waals surface area contributed by atoms with Gasteiger partial charge in [-0.05, 0) is 44.6 Å². The number of thiazole rings is 1. The van der Waals surface area contributed by atoms with Gasteiger partial charge in [0.2, 0.25) is 0 Å². The molecule has 1 N–H and O–H groups in total. The molecule has 1 aliphatic rings. The molecule has 1 heterocycles. The van der Waals surface area contributed by atoms with Gasteiger partial charge < -0.3 is 5.32 Å². The Hall–Kier alpha value is -0.410. The van der Waals surface area contributed by atoms with E-state index < -0.39 is 0 Å². The Morgan fingerprint density at radius 3 is 2.76 bits per heavy atom. The van der Waals surface area contributed by atoms with Crippen LogP contribution in [0.2, 0.25) is 0 Å². The first-order valence-electron chi connectivity index (χ1n) is 6.78. The van der Waals surface area contributed by atoms with Gasteiger partial charge in [0.15, 0.2) is 0 Å². The first kappa shape index (κ1) is 13.0. The van der Waals surface area contributed by atoms with Crippen LogP contribution < -0.4 is 5.32 Å². The smallest absolute Gasteiger partial charge is 0.0931 e. The second kappa shape index (κ2) is 5.96. The number of aromatic nitrogens is 1. The van der Waals surface area contributed by atoms with E-state index in [1.165, 1.54) is 36.5 Å². The molecule has 2 nitrogen and oxygen atoms in total. The van der Waals surface area contributed by atoms with Crippen molar-refractivity contribution in [2.24, 2.45) is 11.8 Å². The van der Waals surface area contributed by atoms with Gasteiger partial charge in [0.25, 0.3) is 0 Å². The maximum Gasteiger partial charge on any atom is 0.0931 e. The molecular formula is C14H24N2S. The predicted octanol–water partition coefficient (Wildman–Crippen LogP) is 3.41. The van der Waals surface area contributed by atoms with Crippen molar-refractivity contribution in [3.05, 3.63) is 16.1 Å². The number of nitrogens with zero attached hydrogens (tertiary/aromatic N) is 1. The molecule has 1 aromatic heterocycles. The number of rotatable bonds is 7. The van der Waals surface area contributed by atoms with E-state index in [1.807, 2.05) is 11.3 Å². The zero-order valence-electron chi connectivity index (χ0n) is 11.2. The summed E-state index contributed by atoms with van der Waals surface area (Å²) >= 11 is 1.82. The van der Waals surface area contributed by atoms with Crippen molar-refractivity contribution in [3.8, 4) is 0 Å². The van der Waals surface area contributed by atoms with Crippen molar-refractivity contribution in [1.29, 1.82) is 0 Å². The zero-order chi connectivity index (χ0) is 12.3. The van der Waals surface area contributed by atoms with Gasteiger partial charge >= 0.3 is 0 Å². The fourth-order valence-electron chi connectivity index (χ4n) is 2.27. The lowest BCUT2D eigenvalue weighted by atomic mass is 9.94. The van der Waals surface area contributed by atoms with Gasteiger partial charge in [-0.15, -0.1) is 11.3 Å². The van der Waals surface area contributed by atoms with E-state index in [0.717, 1.165) is 24.3 Å². The molecule has 0 aliphatic heterocycles. The molecule has 3 heteroatoms. The van der Waals surface area contributed by atoms with Crippen LogP contribution >= 0.6 is 11.3 Å². The van der Waals surface area contributed by atoms with Crippen molar-refractivity contribution < 1.29 is 0 Å². The Morgan fingerprint density at radius 2 is 2.24 bits per heavy atom. The second-order valence-electron chi connectivity index (χ2n) is 5.76. The minimum atomic E-state index is 0.751. The van der Waals surface area contributed by atoms with E-state index in [0.29, 0.717) is 0 Å². The number of hydrogen-bond acceptors (Lipinski definition) is 3. The standard InChI is InChI=1S/C14H24N2S/c1-10(2)6-12(8-15-13-4-5-13)7-14-16-11(3)9-17-14/h9-10,12-13,15H,4-8H2,1-3H3. The number of aryl methyl sites for hydroxylation is 1. The van der Waals surface area contributed by atoms with Crippen molar-refractivity contribution in [2.45, 2.75) is 52.5 Å². The van der Waals surface area contributed by atoms with Crippen LogP contribution in [0.3, 0.4) is 0 Å². The highest BCUT2D eigenvalue weighted by atomic mass is 32.1. The third-order valence-corrected chi connectivity index (χ3v) is 4.20. The van der Waals surface area contributed by atoms with Gasteiger partial charge in [-0.2, -0.15) is 0 Å². The van der Waals surface area contributed by atoms with Gasteiger partial charge in [-0.25, -0.2) is 4.98 Å². The molecule has 96 valence electrons. The highest BCUT2D eigenvalue weighted by Gasteiger charge is 2.22. The molecule has 0 radical (unpaired) electrons. The Labute approximate surface area is 109 Å². The molecule has 1 aliphatic carbocycles. The fraction of sp³-hybridized carbons (Fsp3) is 0.786. The highest BCUT2D eigenvalue weighted by Crippen LogP contribution is 2.22. The largest absolute Gasteiger partial charge is 0.314 e. The van der Waals surface area contributed by atoms with Crippen LogP contribution in [0.15, 0.2) is 5.38 Å². The maximum atomic E-state index is 4.59. The summed E-state index contributed by atoms with van der Waals surface area (Å²) in [4.78, 5) is 4.59. The van der Waals surface area contributed by atoms with Gasteiger partial charge in [0.05, 0.1) is 5.01 Å². The summed E-state index contributed by atoms with van der Waals surface area (Å²) in [7, 11) is 0. The summed E-state index contributed by atoms with van der Waals surface area (Å²) in [5.74, 6) is 1.53. The summed E-state index contributed by atoms with van der Waals surface area (Å²) in [5.41, 5.74) is 1.17. The second-order valence-corrected chi connectivity index (χ2v) is 6.71. The SMILES string of the molecule is Cc1csc(CC(CNC2CC2)CC(C)C)n1. The van der Waals surface area contributed by atoms with Crippen LogP contribution in [-0.2, 0) is 6.42 Å². The minimum absolute atomic E-state index is 0.751. The predicted molar refractivity (Wildman–Crippen MR) is 74.5 cm³/mol. The molecule has 2 rings (SSSR count). The van der Waals surface area contributed by atoms with Gasteiger partial charge in [-0.3, -0.25) is 0 Å². The molecule has 0 amide bonds. The zero-order valence-corrected chi connectivity index (χ0v) is 12.0. The molecular weight excluding hydrogens is 228 g/mol. The topological polar surface area (TPSA) is 24.9 Å². The summed E-state index contributed by atoms with van der Waals surface area (Å²) < 4.78 is 0. The average molecular weight is 252 g/mol. The van der Waals surface area contributed by atoms with E-state index in [1.54, 1.807) is 0 Å². The Bertz CT molecular complexity index is 342. The highest BCUT2D eigenvalue weighted by molar-refractivity contribution is 7.09. The van der Waals surface area contributed by atoms with Gasteiger partial charge in [0.1, 0.15) is 0 Å². The molecule has 0 aromatic carbocycles. The average Bonchev–Trinajstić information content (AvgIpc) is 2.99. The molecule has 1 aromatic rings. The van der Waals surface area contributed by atoms with E-state index in [-0.39, 0.29) is 0 Å². The third-order valence-electron chi connectivity index (χ3n) is 3.21. The third kappa shape index (κ3) is 4.76. The minimum Gasteiger partial charge on any atom is -0.314 e. The van der Waals surface area contributed by atoms with Crippen LogP contribution in [0.25, 0.3) is 0 Å². The normalized spacial score (nSPS) is 17.6. The van der Waals surface area contributed by atoms with Crippen LogP contribution in [0.5, 0.6) is 0 Å².